The molecule has 0 aromatic carbocycles. The molecule has 90 valence electrons. The molecular formula is C8H8ClF2NO3S. The molecule has 0 aliphatic carbocycles. The number of rotatable bonds is 3. The molecule has 0 bridgehead atoms. The van der Waals surface area contributed by atoms with Gasteiger partial charge in [-0.05, 0) is 6.92 Å². The highest BCUT2D eigenvalue weighted by Gasteiger charge is 2.26. The first-order chi connectivity index (χ1) is 7.40. The van der Waals surface area contributed by atoms with E-state index in [2.05, 4.69) is 4.74 Å². The molecule has 0 saturated carbocycles. The van der Waals surface area contributed by atoms with Crippen LogP contribution in [0.5, 0.6) is 0 Å². The summed E-state index contributed by atoms with van der Waals surface area (Å²) in [6.45, 7) is 1.35. The Bertz CT molecular complexity index is 457. The number of aromatic nitrogens is 1. The Labute approximate surface area is 98.4 Å². The van der Waals surface area contributed by atoms with Gasteiger partial charge in [-0.2, -0.15) is 0 Å². The lowest BCUT2D eigenvalue weighted by molar-refractivity contribution is -0.144. The molecule has 1 unspecified atom stereocenters. The number of halogens is 3. The minimum absolute atomic E-state index is 0.323. The van der Waals surface area contributed by atoms with Gasteiger partial charge in [0.1, 0.15) is 16.1 Å². The van der Waals surface area contributed by atoms with Gasteiger partial charge in [-0.25, -0.2) is 13.6 Å². The molecule has 0 N–H and O–H groups in total. The van der Waals surface area contributed by atoms with Crippen molar-refractivity contribution in [2.24, 2.45) is 0 Å². The van der Waals surface area contributed by atoms with Crippen LogP contribution in [-0.4, -0.2) is 17.6 Å². The van der Waals surface area contributed by atoms with Gasteiger partial charge in [0.25, 0.3) is 6.43 Å². The van der Waals surface area contributed by atoms with Crippen molar-refractivity contribution in [2.45, 2.75) is 19.4 Å². The molecule has 0 amide bonds. The summed E-state index contributed by atoms with van der Waals surface area (Å²) >= 11 is 5.93. The zero-order valence-corrected chi connectivity index (χ0v) is 9.94. The fourth-order valence-electron chi connectivity index (χ4n) is 1.12. The molecule has 0 radical (unpaired) electrons. The first-order valence-corrected chi connectivity index (χ1v) is 5.36. The lowest BCUT2D eigenvalue weighted by atomic mass is 10.3. The van der Waals surface area contributed by atoms with Crippen LogP contribution in [0.3, 0.4) is 0 Å². The van der Waals surface area contributed by atoms with E-state index in [0.29, 0.717) is 11.3 Å². The molecule has 0 saturated heterocycles. The van der Waals surface area contributed by atoms with E-state index in [4.69, 9.17) is 11.6 Å². The van der Waals surface area contributed by atoms with Crippen molar-refractivity contribution in [3.8, 4) is 0 Å². The van der Waals surface area contributed by atoms with Gasteiger partial charge in [0.15, 0.2) is 0 Å². The second-order valence-electron chi connectivity index (χ2n) is 2.89. The van der Waals surface area contributed by atoms with Crippen molar-refractivity contribution in [2.75, 3.05) is 7.11 Å². The quantitative estimate of drug-likeness (QED) is 0.792. The average Bonchev–Trinajstić information content (AvgIpc) is 2.52. The first kappa shape index (κ1) is 13.1. The van der Waals surface area contributed by atoms with Gasteiger partial charge in [-0.1, -0.05) is 22.9 Å². The molecule has 0 aliphatic rings. The standard InChI is InChI=1S/C8H8ClF2NO3S/c1-3(7(13)15-2)12-5(9)4(6(10)11)16-8(12)14/h3,6H,1-2H3. The maximum absolute atomic E-state index is 12.4. The summed E-state index contributed by atoms with van der Waals surface area (Å²) in [4.78, 5) is 21.3. The molecule has 1 aromatic heterocycles. The summed E-state index contributed by atoms with van der Waals surface area (Å²) in [6.07, 6.45) is -2.84. The molecule has 0 aliphatic heterocycles. The van der Waals surface area contributed by atoms with Crippen molar-refractivity contribution < 1.29 is 18.3 Å². The third kappa shape index (κ3) is 2.25. The number of carbonyl (C=O) groups excluding carboxylic acids is 1. The van der Waals surface area contributed by atoms with E-state index in [1.807, 2.05) is 0 Å². The smallest absolute Gasteiger partial charge is 0.328 e. The summed E-state index contributed by atoms with van der Waals surface area (Å²) in [5.74, 6) is -0.720. The van der Waals surface area contributed by atoms with Crippen LogP contribution in [0.15, 0.2) is 4.79 Å². The summed E-state index contributed by atoms with van der Waals surface area (Å²) in [5.41, 5.74) is 0. The van der Waals surface area contributed by atoms with Crippen LogP contribution in [-0.2, 0) is 9.53 Å². The molecule has 8 heteroatoms. The van der Waals surface area contributed by atoms with E-state index in [0.717, 1.165) is 11.7 Å². The van der Waals surface area contributed by atoms with Crippen LogP contribution >= 0.6 is 22.9 Å². The third-order valence-corrected chi connectivity index (χ3v) is 3.40. The fraction of sp³-hybridized carbons (Fsp3) is 0.500. The maximum atomic E-state index is 12.4. The Morgan fingerprint density at radius 2 is 2.12 bits per heavy atom. The fourth-order valence-corrected chi connectivity index (χ4v) is 2.40. The summed E-state index contributed by atoms with van der Waals surface area (Å²) in [5, 5.41) is -0.414. The predicted octanol–water partition coefficient (Wildman–Crippen LogP) is 2.23. The monoisotopic (exact) mass is 271 g/mol. The Kier molecular flexibility index (Phi) is 4.03. The molecule has 16 heavy (non-hydrogen) atoms. The van der Waals surface area contributed by atoms with Crippen LogP contribution < -0.4 is 4.87 Å². The number of ether oxygens (including phenoxy) is 1. The second-order valence-corrected chi connectivity index (χ2v) is 4.24. The number of hydrogen-bond acceptors (Lipinski definition) is 4. The first-order valence-electron chi connectivity index (χ1n) is 4.16. The van der Waals surface area contributed by atoms with Gasteiger partial charge >= 0.3 is 10.8 Å². The summed E-state index contributed by atoms with van der Waals surface area (Å²) in [6, 6.07) is -1.02. The maximum Gasteiger partial charge on any atom is 0.328 e. The van der Waals surface area contributed by atoms with Crippen LogP contribution in [0, 0.1) is 0 Å². The lowest BCUT2D eigenvalue weighted by Gasteiger charge is -2.10. The van der Waals surface area contributed by atoms with Crippen molar-refractivity contribution in [1.82, 2.24) is 4.57 Å². The number of alkyl halides is 2. The molecule has 1 atom stereocenters. The third-order valence-electron chi connectivity index (χ3n) is 1.94. The largest absolute Gasteiger partial charge is 0.467 e. The van der Waals surface area contributed by atoms with Crippen LogP contribution in [0.4, 0.5) is 8.78 Å². The molecule has 0 spiro atoms. The van der Waals surface area contributed by atoms with E-state index in [1.165, 1.54) is 6.92 Å². The van der Waals surface area contributed by atoms with Gasteiger partial charge in [0.2, 0.25) is 0 Å². The van der Waals surface area contributed by atoms with Crippen molar-refractivity contribution >= 4 is 28.9 Å². The van der Waals surface area contributed by atoms with Crippen molar-refractivity contribution in [1.29, 1.82) is 0 Å². The molecular weight excluding hydrogens is 264 g/mol. The van der Waals surface area contributed by atoms with E-state index in [-0.39, 0.29) is 0 Å². The van der Waals surface area contributed by atoms with Crippen LogP contribution in [0.2, 0.25) is 5.15 Å². The number of carbonyl (C=O) groups is 1. The van der Waals surface area contributed by atoms with Gasteiger partial charge in [-0.3, -0.25) is 9.36 Å². The van der Waals surface area contributed by atoms with E-state index in [9.17, 15) is 18.4 Å². The van der Waals surface area contributed by atoms with Crippen LogP contribution in [0.1, 0.15) is 24.3 Å². The van der Waals surface area contributed by atoms with Crippen molar-refractivity contribution in [3.05, 3.63) is 19.7 Å². The zero-order chi connectivity index (χ0) is 12.5. The minimum Gasteiger partial charge on any atom is -0.467 e. The van der Waals surface area contributed by atoms with Crippen LogP contribution in [0.25, 0.3) is 0 Å². The molecule has 1 aromatic rings. The topological polar surface area (TPSA) is 48.3 Å². The highest BCUT2D eigenvalue weighted by atomic mass is 35.5. The molecule has 4 nitrogen and oxygen atoms in total. The highest BCUT2D eigenvalue weighted by molar-refractivity contribution is 7.09. The number of thiazole rings is 1. The van der Waals surface area contributed by atoms with Gasteiger partial charge in [0, 0.05) is 0 Å². The lowest BCUT2D eigenvalue weighted by Crippen LogP contribution is -2.25. The Hall–Kier alpha value is -0.950. The highest BCUT2D eigenvalue weighted by Crippen LogP contribution is 2.31. The van der Waals surface area contributed by atoms with E-state index < -0.39 is 33.3 Å². The van der Waals surface area contributed by atoms with Crippen molar-refractivity contribution in [3.63, 3.8) is 0 Å². The Morgan fingerprint density at radius 1 is 1.56 bits per heavy atom. The summed E-state index contributed by atoms with van der Waals surface area (Å²) in [7, 11) is 1.14. The Morgan fingerprint density at radius 3 is 2.50 bits per heavy atom. The van der Waals surface area contributed by atoms with E-state index in [1.54, 1.807) is 0 Å². The number of nitrogens with zero attached hydrogens (tertiary/aromatic N) is 1. The SMILES string of the molecule is COC(=O)C(C)n1c(Cl)c(C(F)F)sc1=O. The number of hydrogen-bond donors (Lipinski definition) is 0. The van der Waals surface area contributed by atoms with Gasteiger partial charge in [-0.15, -0.1) is 0 Å². The molecule has 1 heterocycles. The minimum atomic E-state index is -2.84. The number of methoxy groups -OCH3 is 1. The zero-order valence-electron chi connectivity index (χ0n) is 8.37. The van der Waals surface area contributed by atoms with E-state index >= 15 is 0 Å². The summed E-state index contributed by atoms with van der Waals surface area (Å²) < 4.78 is 30.0. The molecule has 1 rings (SSSR count). The molecule has 0 fully saturated rings. The average molecular weight is 272 g/mol. The normalized spacial score (nSPS) is 12.9. The Balaban J connectivity index is 3.25. The number of esters is 1. The predicted molar refractivity (Wildman–Crippen MR) is 55.3 cm³/mol. The second kappa shape index (κ2) is 4.92. The van der Waals surface area contributed by atoms with Gasteiger partial charge in [0.05, 0.1) is 7.11 Å². The van der Waals surface area contributed by atoms with Gasteiger partial charge < -0.3 is 4.74 Å².